The summed E-state index contributed by atoms with van der Waals surface area (Å²) in [5.41, 5.74) is 0. The van der Waals surface area contributed by atoms with Crippen molar-refractivity contribution in [2.24, 2.45) is 0 Å². The van der Waals surface area contributed by atoms with E-state index >= 15 is 0 Å². The fraction of sp³-hybridized carbons (Fsp3) is 1.00. The van der Waals surface area contributed by atoms with E-state index in [1.807, 2.05) is 0 Å². The van der Waals surface area contributed by atoms with Gasteiger partial charge in [0.25, 0.3) is 0 Å². The van der Waals surface area contributed by atoms with Crippen LogP contribution in [0, 0.1) is 0 Å². The minimum absolute atomic E-state index is 0. The molecular weight excluding hydrogens is 136 g/mol. The molecule has 0 aromatic carbocycles. The summed E-state index contributed by atoms with van der Waals surface area (Å²) in [6.45, 7) is 3.82. The van der Waals surface area contributed by atoms with Gasteiger partial charge in [0, 0.05) is 0 Å². The van der Waals surface area contributed by atoms with Gasteiger partial charge in [0.1, 0.15) is 0 Å². The molecule has 0 saturated carbocycles. The van der Waals surface area contributed by atoms with Gasteiger partial charge in [-0.15, -0.1) is 6.61 Å². The summed E-state index contributed by atoms with van der Waals surface area (Å²) in [7, 11) is 0. The minimum Gasteiger partial charge on any atom is -0.855 e. The molecule has 0 unspecified atom stereocenters. The van der Waals surface area contributed by atoms with E-state index < -0.39 is 0 Å². The van der Waals surface area contributed by atoms with E-state index in [9.17, 15) is 0 Å². The van der Waals surface area contributed by atoms with E-state index in [0.29, 0.717) is 0 Å². The van der Waals surface area contributed by atoms with Gasteiger partial charge in [-0.1, -0.05) is 6.92 Å². The maximum atomic E-state index is 8.93. The van der Waals surface area contributed by atoms with E-state index in [0.717, 1.165) is 0 Å². The zero-order valence-electron chi connectivity index (χ0n) is 7.36. The second kappa shape index (κ2) is 16.4. The minimum atomic E-state index is 0. The molecule has 10 heavy (non-hydrogen) atoms. The average Bonchev–Trinajstić information content (AvgIpc) is 1.91. The Morgan fingerprint density at radius 1 is 1.10 bits per heavy atom. The molecular formula is C8H18MgO. The van der Waals surface area contributed by atoms with Crippen molar-refractivity contribution in [3.63, 3.8) is 0 Å². The summed E-state index contributed by atoms with van der Waals surface area (Å²) >= 11 is 2.08. The first-order chi connectivity index (χ1) is 4.83. The second-order valence-corrected chi connectivity index (χ2v) is 2.91. The van der Waals surface area contributed by atoms with Crippen molar-refractivity contribution >= 4 is 21.7 Å². The topological polar surface area (TPSA) is 23.1 Å². The first-order valence-electron chi connectivity index (χ1n) is 4.20. The molecule has 0 aliphatic rings. The zero-order valence-corrected chi connectivity index (χ0v) is 8.77. The molecule has 0 atom stereocenters. The summed E-state index contributed by atoms with van der Waals surface area (Å²) in [5, 5.41) is 8.93. The summed E-state index contributed by atoms with van der Waals surface area (Å²) in [5.74, 6) is 0. The van der Waals surface area contributed by atoms with Crippen molar-refractivity contribution < 1.29 is 5.11 Å². The van der Waals surface area contributed by atoms with Crippen molar-refractivity contribution in [2.75, 3.05) is 6.61 Å². The standard InChI is InChI=1S/C6H13.C2H5O.Mg/c1-3-5-6-4-2;1-2-3;/h1,3-6H2,2H3;2H2,1H3;/q;-1;+1. The van der Waals surface area contributed by atoms with Gasteiger partial charge >= 0.3 is 58.9 Å². The summed E-state index contributed by atoms with van der Waals surface area (Å²) in [4.78, 5) is 0. The molecule has 0 amide bonds. The van der Waals surface area contributed by atoms with Crippen LogP contribution < -0.4 is 5.11 Å². The molecule has 0 rings (SSSR count). The number of rotatable bonds is 4. The monoisotopic (exact) mass is 154 g/mol. The Labute approximate surface area is 77.6 Å². The molecule has 0 aliphatic heterocycles. The van der Waals surface area contributed by atoms with Gasteiger partial charge in [-0.25, -0.2) is 0 Å². The smallest absolute Gasteiger partial charge is 0.0809 e. The van der Waals surface area contributed by atoms with E-state index in [-0.39, 0.29) is 6.61 Å². The van der Waals surface area contributed by atoms with Crippen LogP contribution >= 0.6 is 0 Å². The molecule has 0 fully saturated rings. The van der Waals surface area contributed by atoms with Crippen LogP contribution in [0.25, 0.3) is 0 Å². The average molecular weight is 155 g/mol. The predicted octanol–water partition coefficient (Wildman–Crippen LogP) is 1.52. The van der Waals surface area contributed by atoms with E-state index in [2.05, 4.69) is 28.6 Å². The van der Waals surface area contributed by atoms with Crippen LogP contribution in [0.5, 0.6) is 0 Å². The van der Waals surface area contributed by atoms with Crippen molar-refractivity contribution in [3.8, 4) is 0 Å². The molecule has 0 spiro atoms. The van der Waals surface area contributed by atoms with Gasteiger partial charge in [-0.3, -0.25) is 0 Å². The van der Waals surface area contributed by atoms with Crippen LogP contribution in [0.15, 0.2) is 0 Å². The molecule has 0 aromatic heterocycles. The van der Waals surface area contributed by atoms with Crippen molar-refractivity contribution in [1.29, 1.82) is 0 Å². The maximum absolute atomic E-state index is 8.93. The third-order valence-corrected chi connectivity index (χ3v) is 1.60. The normalized spacial score (nSPS) is 8.50. The molecule has 0 saturated heterocycles. The maximum Gasteiger partial charge on any atom is -0.0809 e. The molecule has 2 heteroatoms. The van der Waals surface area contributed by atoms with Crippen molar-refractivity contribution in [3.05, 3.63) is 0 Å². The first kappa shape index (κ1) is 13.3. The Balaban J connectivity index is 0. The summed E-state index contributed by atoms with van der Waals surface area (Å²) in [6, 6.07) is 0. The predicted molar refractivity (Wildman–Crippen MR) is 45.2 cm³/mol. The summed E-state index contributed by atoms with van der Waals surface area (Å²) < 4.78 is 1.39. The molecule has 0 bridgehead atoms. The van der Waals surface area contributed by atoms with Crippen LogP contribution in [0.1, 0.15) is 39.5 Å². The molecule has 0 N–H and O–H groups in total. The largest absolute Gasteiger partial charge is 0.855 e. The molecule has 0 aromatic rings. The molecule has 0 heterocycles. The van der Waals surface area contributed by atoms with Gasteiger partial charge in [-0.2, -0.15) is 0 Å². The molecule has 58 valence electrons. The van der Waals surface area contributed by atoms with Gasteiger partial charge < -0.3 is 5.11 Å². The van der Waals surface area contributed by atoms with Crippen LogP contribution in [0.4, 0.5) is 0 Å². The fourth-order valence-corrected chi connectivity index (χ4v) is 0.957. The number of hydrogen-bond donors (Lipinski definition) is 0. The van der Waals surface area contributed by atoms with Gasteiger partial charge in [0.05, 0.1) is 0 Å². The summed E-state index contributed by atoms with van der Waals surface area (Å²) in [6.07, 6.45) is 5.67. The van der Waals surface area contributed by atoms with Gasteiger partial charge in [-0.05, 0) is 0 Å². The van der Waals surface area contributed by atoms with Gasteiger partial charge in [0.15, 0.2) is 0 Å². The Bertz CT molecular complexity index is 36.2. The Morgan fingerprint density at radius 3 is 1.90 bits per heavy atom. The SMILES string of the molecule is CCCCC[CH2][Mg+].CC[O-]. The van der Waals surface area contributed by atoms with Gasteiger partial charge in [0.2, 0.25) is 0 Å². The van der Waals surface area contributed by atoms with Crippen LogP contribution in [0.3, 0.4) is 0 Å². The fourth-order valence-electron chi connectivity index (χ4n) is 0.604. The second-order valence-electron chi connectivity index (χ2n) is 2.20. The van der Waals surface area contributed by atoms with Crippen LogP contribution in [-0.4, -0.2) is 28.3 Å². The Hall–Kier alpha value is 0.726. The Kier molecular flexibility index (Phi) is 21.8. The first-order valence-corrected chi connectivity index (χ1v) is 5.20. The zero-order chi connectivity index (χ0) is 8.24. The van der Waals surface area contributed by atoms with Crippen LogP contribution in [0.2, 0.25) is 4.55 Å². The van der Waals surface area contributed by atoms with E-state index in [1.165, 1.54) is 30.2 Å². The van der Waals surface area contributed by atoms with Crippen LogP contribution in [-0.2, 0) is 0 Å². The third kappa shape index (κ3) is 23.3. The molecule has 0 radical (unpaired) electrons. The number of hydrogen-bond acceptors (Lipinski definition) is 1. The van der Waals surface area contributed by atoms with E-state index in [4.69, 9.17) is 5.11 Å². The quantitative estimate of drug-likeness (QED) is 0.445. The number of unbranched alkanes of at least 4 members (excludes halogenated alkanes) is 3. The third-order valence-electron chi connectivity index (χ3n) is 1.10. The molecule has 0 aliphatic carbocycles. The Morgan fingerprint density at radius 2 is 1.60 bits per heavy atom. The van der Waals surface area contributed by atoms with E-state index in [1.54, 1.807) is 6.92 Å². The molecule has 1 nitrogen and oxygen atoms in total. The van der Waals surface area contributed by atoms with Crippen molar-refractivity contribution in [2.45, 2.75) is 44.1 Å². The van der Waals surface area contributed by atoms with Crippen molar-refractivity contribution in [1.82, 2.24) is 0 Å².